The van der Waals surface area contributed by atoms with Crippen LogP contribution in [-0.4, -0.2) is 10.1 Å². The van der Waals surface area contributed by atoms with Gasteiger partial charge in [-0.1, -0.05) is 0 Å². The van der Waals surface area contributed by atoms with E-state index in [9.17, 15) is 0 Å². The maximum absolute atomic E-state index is 9.00. The summed E-state index contributed by atoms with van der Waals surface area (Å²) < 4.78 is 0. The summed E-state index contributed by atoms with van der Waals surface area (Å²) in [7, 11) is 0. The molecule has 2 nitrogen and oxygen atoms in total. The van der Waals surface area contributed by atoms with Crippen LogP contribution in [0.3, 0.4) is 0 Å². The first-order valence-electron chi connectivity index (χ1n) is 4.90. The van der Waals surface area contributed by atoms with E-state index >= 15 is 0 Å². The van der Waals surface area contributed by atoms with E-state index in [2.05, 4.69) is 11.9 Å². The van der Waals surface area contributed by atoms with E-state index in [0.717, 1.165) is 12.1 Å². The average molecular weight is 177 g/mol. The number of rotatable bonds is 1. The molecule has 70 valence electrons. The second-order valence-electron chi connectivity index (χ2n) is 3.72. The smallest absolute Gasteiger partial charge is 0.0853 e. The largest absolute Gasteiger partial charge is 0.390 e. The predicted molar refractivity (Wildman–Crippen MR) is 51.5 cm³/mol. The summed E-state index contributed by atoms with van der Waals surface area (Å²) in [6.07, 6.45) is 4.78. The first-order chi connectivity index (χ1) is 6.31. The van der Waals surface area contributed by atoms with Crippen molar-refractivity contribution >= 4 is 0 Å². The van der Waals surface area contributed by atoms with Gasteiger partial charge in [0.15, 0.2) is 0 Å². The molecular weight excluding hydrogens is 162 g/mol. The van der Waals surface area contributed by atoms with Crippen molar-refractivity contribution in [2.75, 3.05) is 0 Å². The highest BCUT2D eigenvalue weighted by molar-refractivity contribution is 5.33. The van der Waals surface area contributed by atoms with E-state index in [1.165, 1.54) is 36.1 Å². The molecule has 1 aliphatic rings. The van der Waals surface area contributed by atoms with Crippen molar-refractivity contribution in [2.24, 2.45) is 0 Å². The van der Waals surface area contributed by atoms with Gasteiger partial charge in [0.2, 0.25) is 0 Å². The van der Waals surface area contributed by atoms with E-state index in [-0.39, 0.29) is 6.61 Å². The molecule has 0 aromatic carbocycles. The molecule has 0 saturated carbocycles. The Morgan fingerprint density at radius 3 is 2.92 bits per heavy atom. The van der Waals surface area contributed by atoms with E-state index in [4.69, 9.17) is 5.11 Å². The molecule has 0 unspecified atom stereocenters. The summed E-state index contributed by atoms with van der Waals surface area (Å²) in [6.45, 7) is 2.18. The van der Waals surface area contributed by atoms with E-state index < -0.39 is 0 Å². The van der Waals surface area contributed by atoms with Crippen LogP contribution in [0.1, 0.15) is 35.4 Å². The van der Waals surface area contributed by atoms with E-state index in [1.54, 1.807) is 0 Å². The highest BCUT2D eigenvalue weighted by Gasteiger charge is 2.13. The standard InChI is InChI=1S/C11H15NO/c1-8-6-9(7-13)12-11-5-3-2-4-10(8)11/h6,13H,2-5,7H2,1H3. The first-order valence-corrected chi connectivity index (χ1v) is 4.90. The van der Waals surface area contributed by atoms with Gasteiger partial charge in [0, 0.05) is 5.69 Å². The fourth-order valence-corrected chi connectivity index (χ4v) is 2.06. The number of aliphatic hydroxyl groups is 1. The molecule has 0 fully saturated rings. The quantitative estimate of drug-likeness (QED) is 0.709. The third kappa shape index (κ3) is 1.59. The van der Waals surface area contributed by atoms with Crippen molar-refractivity contribution in [3.05, 3.63) is 28.6 Å². The number of aromatic nitrogens is 1. The Kier molecular flexibility index (Phi) is 2.32. The Balaban J connectivity index is 2.47. The van der Waals surface area contributed by atoms with Gasteiger partial charge in [-0.15, -0.1) is 0 Å². The molecule has 0 aliphatic heterocycles. The summed E-state index contributed by atoms with van der Waals surface area (Å²) in [5.74, 6) is 0. The number of pyridine rings is 1. The van der Waals surface area contributed by atoms with Crippen LogP contribution in [0.2, 0.25) is 0 Å². The predicted octanol–water partition coefficient (Wildman–Crippen LogP) is 1.76. The Morgan fingerprint density at radius 2 is 2.15 bits per heavy atom. The number of hydrogen-bond donors (Lipinski definition) is 1. The van der Waals surface area contributed by atoms with Crippen molar-refractivity contribution in [1.29, 1.82) is 0 Å². The Bertz CT molecular complexity index is 320. The summed E-state index contributed by atoms with van der Waals surface area (Å²) in [6, 6.07) is 2.00. The van der Waals surface area contributed by atoms with Gasteiger partial charge < -0.3 is 5.11 Å². The molecule has 0 spiro atoms. The molecule has 1 aromatic heterocycles. The first kappa shape index (κ1) is 8.70. The Hall–Kier alpha value is -0.890. The topological polar surface area (TPSA) is 33.1 Å². The highest BCUT2D eigenvalue weighted by atomic mass is 16.3. The number of aliphatic hydroxyl groups excluding tert-OH is 1. The number of nitrogens with zero attached hydrogens (tertiary/aromatic N) is 1. The van der Waals surface area contributed by atoms with Gasteiger partial charge in [-0.25, -0.2) is 0 Å². The van der Waals surface area contributed by atoms with Crippen LogP contribution >= 0.6 is 0 Å². The SMILES string of the molecule is Cc1cc(CO)nc2c1CCCC2. The zero-order valence-corrected chi connectivity index (χ0v) is 8.01. The molecule has 0 saturated heterocycles. The highest BCUT2D eigenvalue weighted by Crippen LogP contribution is 2.23. The van der Waals surface area contributed by atoms with Gasteiger partial charge >= 0.3 is 0 Å². The summed E-state index contributed by atoms with van der Waals surface area (Å²) in [5, 5.41) is 9.00. The van der Waals surface area contributed by atoms with Crippen molar-refractivity contribution < 1.29 is 5.11 Å². The lowest BCUT2D eigenvalue weighted by molar-refractivity contribution is 0.276. The number of aryl methyl sites for hydroxylation is 2. The van der Waals surface area contributed by atoms with Crippen LogP contribution in [0.5, 0.6) is 0 Å². The molecule has 0 atom stereocenters. The normalized spacial score (nSPS) is 15.5. The van der Waals surface area contributed by atoms with E-state index in [1.807, 2.05) is 6.07 Å². The molecule has 13 heavy (non-hydrogen) atoms. The van der Waals surface area contributed by atoms with Crippen molar-refractivity contribution in [3.8, 4) is 0 Å². The lowest BCUT2D eigenvalue weighted by Crippen LogP contribution is -2.09. The van der Waals surface area contributed by atoms with Gasteiger partial charge in [-0.2, -0.15) is 0 Å². The van der Waals surface area contributed by atoms with Crippen LogP contribution in [0.15, 0.2) is 6.07 Å². The molecular formula is C11H15NO. The van der Waals surface area contributed by atoms with Gasteiger partial charge in [-0.05, 0) is 49.8 Å². The van der Waals surface area contributed by atoms with Crippen molar-refractivity contribution in [3.63, 3.8) is 0 Å². The summed E-state index contributed by atoms with van der Waals surface area (Å²) in [4.78, 5) is 4.44. The van der Waals surface area contributed by atoms with Crippen LogP contribution < -0.4 is 0 Å². The summed E-state index contributed by atoms with van der Waals surface area (Å²) >= 11 is 0. The molecule has 0 bridgehead atoms. The van der Waals surface area contributed by atoms with Crippen LogP contribution in [-0.2, 0) is 19.4 Å². The molecule has 0 radical (unpaired) electrons. The van der Waals surface area contributed by atoms with E-state index in [0.29, 0.717) is 0 Å². The lowest BCUT2D eigenvalue weighted by atomic mass is 9.92. The molecule has 2 heteroatoms. The Labute approximate surface area is 78.6 Å². The minimum absolute atomic E-state index is 0.0636. The molecule has 2 rings (SSSR count). The van der Waals surface area contributed by atoms with Crippen molar-refractivity contribution in [1.82, 2.24) is 4.98 Å². The lowest BCUT2D eigenvalue weighted by Gasteiger charge is -2.17. The number of fused-ring (bicyclic) bond motifs is 1. The second kappa shape index (κ2) is 3.46. The third-order valence-corrected chi connectivity index (χ3v) is 2.74. The average Bonchev–Trinajstić information content (AvgIpc) is 2.18. The van der Waals surface area contributed by atoms with Crippen molar-refractivity contribution in [2.45, 2.75) is 39.2 Å². The monoisotopic (exact) mass is 177 g/mol. The number of hydrogen-bond acceptors (Lipinski definition) is 2. The molecule has 1 aliphatic carbocycles. The zero-order valence-electron chi connectivity index (χ0n) is 8.01. The fourth-order valence-electron chi connectivity index (χ4n) is 2.06. The fraction of sp³-hybridized carbons (Fsp3) is 0.545. The van der Waals surface area contributed by atoms with Gasteiger partial charge in [0.05, 0.1) is 12.3 Å². The maximum Gasteiger partial charge on any atom is 0.0853 e. The zero-order chi connectivity index (χ0) is 9.26. The Morgan fingerprint density at radius 1 is 1.38 bits per heavy atom. The van der Waals surface area contributed by atoms with Crippen LogP contribution in [0.25, 0.3) is 0 Å². The van der Waals surface area contributed by atoms with Crippen LogP contribution in [0.4, 0.5) is 0 Å². The maximum atomic E-state index is 9.00. The van der Waals surface area contributed by atoms with Gasteiger partial charge in [0.1, 0.15) is 0 Å². The van der Waals surface area contributed by atoms with Gasteiger partial charge in [0.25, 0.3) is 0 Å². The summed E-state index contributed by atoms with van der Waals surface area (Å²) in [5.41, 5.74) is 4.76. The van der Waals surface area contributed by atoms with Crippen LogP contribution in [0, 0.1) is 6.92 Å². The minimum atomic E-state index is 0.0636. The van der Waals surface area contributed by atoms with Gasteiger partial charge in [-0.3, -0.25) is 4.98 Å². The molecule has 1 heterocycles. The third-order valence-electron chi connectivity index (χ3n) is 2.74. The second-order valence-corrected chi connectivity index (χ2v) is 3.72. The molecule has 0 amide bonds. The molecule has 1 aromatic rings. The minimum Gasteiger partial charge on any atom is -0.390 e. The molecule has 1 N–H and O–H groups in total.